The van der Waals surface area contributed by atoms with Gasteiger partial charge in [0.25, 0.3) is 0 Å². The molecule has 15 heavy (non-hydrogen) atoms. The van der Waals surface area contributed by atoms with E-state index in [4.69, 9.17) is 0 Å². The maximum absolute atomic E-state index is 3.45. The minimum Gasteiger partial charge on any atom is -0.313 e. The Morgan fingerprint density at radius 1 is 1.27 bits per heavy atom. The molecule has 1 aliphatic rings. The molecule has 1 N–H and O–H groups in total. The molecular weight excluding hydrogens is 182 g/mol. The van der Waals surface area contributed by atoms with E-state index in [1.165, 1.54) is 32.1 Å². The molecule has 0 bridgehead atoms. The minimum absolute atomic E-state index is 0.700. The van der Waals surface area contributed by atoms with E-state index < -0.39 is 0 Å². The van der Waals surface area contributed by atoms with Gasteiger partial charge in [-0.25, -0.2) is 0 Å². The summed E-state index contributed by atoms with van der Waals surface area (Å²) in [5.74, 6) is 1.57. The molecule has 0 aliphatic heterocycles. The first-order chi connectivity index (χ1) is 7.24. The first kappa shape index (κ1) is 12.8. The van der Waals surface area contributed by atoms with Crippen molar-refractivity contribution in [1.29, 1.82) is 0 Å². The quantitative estimate of drug-likeness (QED) is 0.680. The molecule has 0 saturated heterocycles. The molecule has 1 rings (SSSR count). The van der Waals surface area contributed by atoms with E-state index in [2.05, 4.69) is 32.2 Å². The van der Waals surface area contributed by atoms with Crippen molar-refractivity contribution in [2.75, 3.05) is 13.1 Å². The highest BCUT2D eigenvalue weighted by Crippen LogP contribution is 2.26. The van der Waals surface area contributed by atoms with Crippen LogP contribution in [0.15, 0.2) is 11.6 Å². The number of nitrogens with one attached hydrogen (secondary N) is 1. The second-order valence-corrected chi connectivity index (χ2v) is 5.07. The summed E-state index contributed by atoms with van der Waals surface area (Å²) in [6.45, 7) is 8.97. The molecule has 0 aromatic rings. The van der Waals surface area contributed by atoms with Gasteiger partial charge in [-0.15, -0.1) is 0 Å². The summed E-state index contributed by atoms with van der Waals surface area (Å²) < 4.78 is 0. The predicted octanol–water partition coefficient (Wildman–Crippen LogP) is 3.76. The number of hydrogen-bond donors (Lipinski definition) is 1. The van der Waals surface area contributed by atoms with Crippen LogP contribution in [0.4, 0.5) is 0 Å². The van der Waals surface area contributed by atoms with Crippen molar-refractivity contribution in [3.63, 3.8) is 0 Å². The maximum Gasteiger partial charge on any atom is 0.0167 e. The van der Waals surface area contributed by atoms with E-state index in [1.807, 2.05) is 0 Å². The minimum atomic E-state index is 0.700. The molecular formula is C14H27N. The lowest BCUT2D eigenvalue weighted by atomic mass is 9.86. The van der Waals surface area contributed by atoms with Gasteiger partial charge in [-0.3, -0.25) is 0 Å². The number of likely N-dealkylation sites (N-methyl/N-ethyl adjacent to an activating group) is 1. The fourth-order valence-corrected chi connectivity index (χ4v) is 2.33. The highest BCUT2D eigenvalue weighted by molar-refractivity contribution is 5.09. The Balaban J connectivity index is 2.48. The van der Waals surface area contributed by atoms with Gasteiger partial charge in [0, 0.05) is 6.54 Å². The highest BCUT2D eigenvalue weighted by Gasteiger charge is 2.12. The molecule has 0 amide bonds. The molecule has 0 heterocycles. The van der Waals surface area contributed by atoms with Crippen molar-refractivity contribution in [2.45, 2.75) is 52.9 Å². The van der Waals surface area contributed by atoms with Crippen LogP contribution in [-0.2, 0) is 0 Å². The Hall–Kier alpha value is -0.300. The fraction of sp³-hybridized carbons (Fsp3) is 0.857. The summed E-state index contributed by atoms with van der Waals surface area (Å²) in [4.78, 5) is 0. The van der Waals surface area contributed by atoms with Gasteiger partial charge < -0.3 is 5.32 Å². The Labute approximate surface area is 95.3 Å². The third-order valence-corrected chi connectivity index (χ3v) is 3.42. The zero-order valence-electron chi connectivity index (χ0n) is 10.7. The van der Waals surface area contributed by atoms with Gasteiger partial charge in [-0.1, -0.05) is 51.7 Å². The van der Waals surface area contributed by atoms with Crippen LogP contribution in [0, 0.1) is 11.8 Å². The Morgan fingerprint density at radius 2 is 1.93 bits per heavy atom. The van der Waals surface area contributed by atoms with E-state index in [0.717, 1.165) is 19.0 Å². The molecule has 0 radical (unpaired) electrons. The summed E-state index contributed by atoms with van der Waals surface area (Å²) >= 11 is 0. The average Bonchev–Trinajstić information content (AvgIpc) is 2.25. The standard InChI is InChI=1S/C14H27N/c1-4-15-11-14(12(2)3)10-13-8-6-5-7-9-13/h10,12-13,15H,4-9,11H2,1-3H3. The normalized spacial score (nSPS) is 19.9. The third kappa shape index (κ3) is 4.83. The van der Waals surface area contributed by atoms with Gasteiger partial charge >= 0.3 is 0 Å². The van der Waals surface area contributed by atoms with Crippen molar-refractivity contribution >= 4 is 0 Å². The zero-order valence-corrected chi connectivity index (χ0v) is 10.7. The second kappa shape index (κ2) is 7.05. The smallest absolute Gasteiger partial charge is 0.0167 e. The van der Waals surface area contributed by atoms with Crippen LogP contribution in [0.25, 0.3) is 0 Å². The van der Waals surface area contributed by atoms with Crippen molar-refractivity contribution in [2.24, 2.45) is 11.8 Å². The highest BCUT2D eigenvalue weighted by atomic mass is 14.8. The lowest BCUT2D eigenvalue weighted by molar-refractivity contribution is 0.415. The molecule has 0 unspecified atom stereocenters. The lowest BCUT2D eigenvalue weighted by Crippen LogP contribution is -2.19. The van der Waals surface area contributed by atoms with Crippen molar-refractivity contribution < 1.29 is 0 Å². The molecule has 88 valence electrons. The monoisotopic (exact) mass is 209 g/mol. The van der Waals surface area contributed by atoms with Crippen molar-refractivity contribution in [3.8, 4) is 0 Å². The maximum atomic E-state index is 3.45. The van der Waals surface area contributed by atoms with Crippen LogP contribution < -0.4 is 5.32 Å². The first-order valence-electron chi connectivity index (χ1n) is 6.65. The van der Waals surface area contributed by atoms with Crippen LogP contribution in [0.3, 0.4) is 0 Å². The van der Waals surface area contributed by atoms with Crippen LogP contribution in [0.5, 0.6) is 0 Å². The van der Waals surface area contributed by atoms with Crippen LogP contribution in [-0.4, -0.2) is 13.1 Å². The number of allylic oxidation sites excluding steroid dienone is 1. The molecule has 0 aromatic heterocycles. The summed E-state index contributed by atoms with van der Waals surface area (Å²) in [6.07, 6.45) is 9.73. The van der Waals surface area contributed by atoms with E-state index in [9.17, 15) is 0 Å². The molecule has 1 fully saturated rings. The van der Waals surface area contributed by atoms with E-state index in [1.54, 1.807) is 5.57 Å². The molecule has 0 atom stereocenters. The molecule has 1 aliphatic carbocycles. The van der Waals surface area contributed by atoms with Gasteiger partial charge in [0.15, 0.2) is 0 Å². The molecule has 1 saturated carbocycles. The van der Waals surface area contributed by atoms with Crippen molar-refractivity contribution in [1.82, 2.24) is 5.32 Å². The fourth-order valence-electron chi connectivity index (χ4n) is 2.33. The topological polar surface area (TPSA) is 12.0 Å². The van der Waals surface area contributed by atoms with Gasteiger partial charge in [0.1, 0.15) is 0 Å². The van der Waals surface area contributed by atoms with Gasteiger partial charge in [0.2, 0.25) is 0 Å². The van der Waals surface area contributed by atoms with Crippen LogP contribution in [0.2, 0.25) is 0 Å². The SMILES string of the molecule is CCNCC(=CC1CCCCC1)C(C)C. The average molecular weight is 209 g/mol. The molecule has 1 heteroatoms. The summed E-state index contributed by atoms with van der Waals surface area (Å²) in [5, 5.41) is 3.45. The largest absolute Gasteiger partial charge is 0.313 e. The molecule has 0 spiro atoms. The van der Waals surface area contributed by atoms with E-state index in [0.29, 0.717) is 5.92 Å². The molecule has 1 nitrogen and oxygen atoms in total. The van der Waals surface area contributed by atoms with E-state index >= 15 is 0 Å². The van der Waals surface area contributed by atoms with Gasteiger partial charge in [-0.2, -0.15) is 0 Å². The summed E-state index contributed by atoms with van der Waals surface area (Å²) in [7, 11) is 0. The van der Waals surface area contributed by atoms with E-state index in [-0.39, 0.29) is 0 Å². The second-order valence-electron chi connectivity index (χ2n) is 5.07. The van der Waals surface area contributed by atoms with Gasteiger partial charge in [-0.05, 0) is 31.2 Å². The Morgan fingerprint density at radius 3 is 2.47 bits per heavy atom. The Bertz CT molecular complexity index is 188. The first-order valence-corrected chi connectivity index (χ1v) is 6.65. The number of rotatable bonds is 5. The van der Waals surface area contributed by atoms with Crippen molar-refractivity contribution in [3.05, 3.63) is 11.6 Å². The van der Waals surface area contributed by atoms with Crippen LogP contribution in [0.1, 0.15) is 52.9 Å². The summed E-state index contributed by atoms with van der Waals surface area (Å²) in [6, 6.07) is 0. The number of hydrogen-bond acceptors (Lipinski definition) is 1. The predicted molar refractivity (Wildman–Crippen MR) is 68.0 cm³/mol. The third-order valence-electron chi connectivity index (χ3n) is 3.42. The Kier molecular flexibility index (Phi) is 6.00. The summed E-state index contributed by atoms with van der Waals surface area (Å²) in [5.41, 5.74) is 1.61. The lowest BCUT2D eigenvalue weighted by Gasteiger charge is -2.21. The zero-order chi connectivity index (χ0) is 11.1. The van der Waals surface area contributed by atoms with Crippen LogP contribution >= 0.6 is 0 Å². The molecule has 0 aromatic carbocycles. The van der Waals surface area contributed by atoms with Gasteiger partial charge in [0.05, 0.1) is 0 Å².